The predicted octanol–water partition coefficient (Wildman–Crippen LogP) is 0.921. The van der Waals surface area contributed by atoms with E-state index in [0.717, 1.165) is 0 Å². The Kier molecular flexibility index (Phi) is 3.82. The third-order valence-corrected chi connectivity index (χ3v) is 1.98. The molecule has 17 heavy (non-hydrogen) atoms. The second-order valence-electron chi connectivity index (χ2n) is 3.23. The van der Waals surface area contributed by atoms with Crippen molar-refractivity contribution in [1.82, 2.24) is 0 Å². The maximum Gasteiger partial charge on any atom is 0.377 e. The van der Waals surface area contributed by atoms with Gasteiger partial charge in [0.1, 0.15) is 5.75 Å². The molecule has 1 amide bonds. The number of carboxylic acids is 1. The molecule has 0 saturated heterocycles. The van der Waals surface area contributed by atoms with Crippen LogP contribution in [0.5, 0.6) is 5.75 Å². The second-order valence-corrected chi connectivity index (χ2v) is 3.23. The molecular formula is C11H11NO5. The lowest BCUT2D eigenvalue weighted by atomic mass is 10.1. The maximum atomic E-state index is 11.4. The number of nitrogens with one attached hydrogen (secondary N) is 1. The largest absolute Gasteiger partial charge is 0.497 e. The minimum absolute atomic E-state index is 0.0894. The highest BCUT2D eigenvalue weighted by atomic mass is 16.5. The Labute approximate surface area is 97.2 Å². The summed E-state index contributed by atoms with van der Waals surface area (Å²) in [5.74, 6) is -2.66. The van der Waals surface area contributed by atoms with Crippen molar-refractivity contribution in [2.24, 2.45) is 0 Å². The number of rotatable bonds is 4. The number of carbonyl (C=O) groups is 3. The first-order chi connectivity index (χ1) is 7.95. The first kappa shape index (κ1) is 12.7. The molecule has 1 rings (SSSR count). The summed E-state index contributed by atoms with van der Waals surface area (Å²) in [7, 11) is 1.42. The summed E-state index contributed by atoms with van der Waals surface area (Å²) in [6.45, 7) is 1.26. The first-order valence-electron chi connectivity index (χ1n) is 4.69. The van der Waals surface area contributed by atoms with Gasteiger partial charge in [0.25, 0.3) is 5.78 Å². The molecule has 0 aromatic heterocycles. The monoisotopic (exact) mass is 237 g/mol. The Morgan fingerprint density at radius 1 is 1.29 bits per heavy atom. The lowest BCUT2D eigenvalue weighted by Gasteiger charge is -2.09. The molecule has 0 heterocycles. The van der Waals surface area contributed by atoms with Crippen molar-refractivity contribution in [2.75, 3.05) is 12.4 Å². The number of hydrogen-bond donors (Lipinski definition) is 2. The first-order valence-corrected chi connectivity index (χ1v) is 4.69. The molecule has 0 saturated carbocycles. The average molecular weight is 237 g/mol. The van der Waals surface area contributed by atoms with Crippen LogP contribution in [0, 0.1) is 0 Å². The number of hydrogen-bond acceptors (Lipinski definition) is 4. The molecule has 0 fully saturated rings. The van der Waals surface area contributed by atoms with Gasteiger partial charge in [-0.3, -0.25) is 9.59 Å². The molecule has 0 atom stereocenters. The van der Waals surface area contributed by atoms with E-state index in [-0.39, 0.29) is 11.3 Å². The molecule has 0 radical (unpaired) electrons. The van der Waals surface area contributed by atoms with E-state index in [1.165, 1.54) is 32.2 Å². The lowest BCUT2D eigenvalue weighted by Crippen LogP contribution is -2.17. The fraction of sp³-hybridized carbons (Fsp3) is 0.182. The van der Waals surface area contributed by atoms with E-state index in [4.69, 9.17) is 9.84 Å². The molecule has 0 unspecified atom stereocenters. The van der Waals surface area contributed by atoms with Gasteiger partial charge < -0.3 is 15.2 Å². The summed E-state index contributed by atoms with van der Waals surface area (Å²) in [6.07, 6.45) is 0. The Morgan fingerprint density at radius 3 is 2.41 bits per heavy atom. The Hall–Kier alpha value is -2.37. The van der Waals surface area contributed by atoms with E-state index >= 15 is 0 Å². The van der Waals surface area contributed by atoms with E-state index in [1.807, 2.05) is 0 Å². The highest BCUT2D eigenvalue weighted by Gasteiger charge is 2.19. The zero-order valence-corrected chi connectivity index (χ0v) is 9.31. The molecular weight excluding hydrogens is 226 g/mol. The van der Waals surface area contributed by atoms with Gasteiger partial charge in [0.2, 0.25) is 5.91 Å². The van der Waals surface area contributed by atoms with Gasteiger partial charge in [0.15, 0.2) is 0 Å². The Morgan fingerprint density at radius 2 is 1.94 bits per heavy atom. The second kappa shape index (κ2) is 5.11. The smallest absolute Gasteiger partial charge is 0.377 e. The van der Waals surface area contributed by atoms with E-state index in [2.05, 4.69) is 5.32 Å². The van der Waals surface area contributed by atoms with Crippen molar-refractivity contribution in [3.8, 4) is 5.75 Å². The van der Waals surface area contributed by atoms with Gasteiger partial charge in [0.05, 0.1) is 18.4 Å². The number of benzene rings is 1. The SMILES string of the molecule is COc1ccc(C(=O)C(=O)O)c(NC(C)=O)c1. The van der Waals surface area contributed by atoms with Crippen LogP contribution < -0.4 is 10.1 Å². The summed E-state index contributed by atoms with van der Waals surface area (Å²) in [4.78, 5) is 32.9. The number of carboxylic acid groups (broad SMARTS) is 1. The topological polar surface area (TPSA) is 92.7 Å². The van der Waals surface area contributed by atoms with E-state index < -0.39 is 17.7 Å². The quantitative estimate of drug-likeness (QED) is 0.600. The van der Waals surface area contributed by atoms with Crippen LogP contribution in [0.15, 0.2) is 18.2 Å². The average Bonchev–Trinajstić information content (AvgIpc) is 2.27. The van der Waals surface area contributed by atoms with Crippen LogP contribution in [-0.4, -0.2) is 29.9 Å². The molecule has 0 aliphatic carbocycles. The summed E-state index contributed by atoms with van der Waals surface area (Å²) in [5.41, 5.74) is 0.0257. The van der Waals surface area contributed by atoms with E-state index in [9.17, 15) is 14.4 Å². The lowest BCUT2D eigenvalue weighted by molar-refractivity contribution is -0.131. The summed E-state index contributed by atoms with van der Waals surface area (Å²) >= 11 is 0. The molecule has 2 N–H and O–H groups in total. The highest BCUT2D eigenvalue weighted by molar-refractivity contribution is 6.41. The van der Waals surface area contributed by atoms with Gasteiger partial charge in [0, 0.05) is 13.0 Å². The third kappa shape index (κ3) is 3.04. The number of aliphatic carboxylic acids is 1. The molecule has 0 bridgehead atoms. The van der Waals surface area contributed by atoms with Crippen LogP contribution in [0.2, 0.25) is 0 Å². The zero-order chi connectivity index (χ0) is 13.0. The van der Waals surface area contributed by atoms with Crippen molar-refractivity contribution in [1.29, 1.82) is 0 Å². The standard InChI is InChI=1S/C11H11NO5/c1-6(13)12-9-5-7(17-2)3-4-8(9)10(14)11(15)16/h3-5H,1-2H3,(H,12,13)(H,15,16). The number of ether oxygens (including phenoxy) is 1. The summed E-state index contributed by atoms with van der Waals surface area (Å²) in [5, 5.41) is 11.0. The predicted molar refractivity (Wildman–Crippen MR) is 59.3 cm³/mol. The molecule has 90 valence electrons. The highest BCUT2D eigenvalue weighted by Crippen LogP contribution is 2.23. The van der Waals surface area contributed by atoms with Crippen LogP contribution >= 0.6 is 0 Å². The third-order valence-electron chi connectivity index (χ3n) is 1.98. The van der Waals surface area contributed by atoms with Gasteiger partial charge in [-0.25, -0.2) is 4.79 Å². The number of amides is 1. The van der Waals surface area contributed by atoms with Crippen molar-refractivity contribution in [3.63, 3.8) is 0 Å². The molecule has 1 aromatic carbocycles. The van der Waals surface area contributed by atoms with Crippen molar-refractivity contribution in [2.45, 2.75) is 6.92 Å². The van der Waals surface area contributed by atoms with Crippen LogP contribution in [0.3, 0.4) is 0 Å². The van der Waals surface area contributed by atoms with Crippen LogP contribution in [0.25, 0.3) is 0 Å². The molecule has 6 heteroatoms. The molecule has 0 aliphatic heterocycles. The fourth-order valence-corrected chi connectivity index (χ4v) is 1.26. The molecule has 0 aliphatic rings. The Bertz CT molecular complexity index is 481. The number of carbonyl (C=O) groups excluding carboxylic acids is 2. The molecule has 1 aromatic rings. The van der Waals surface area contributed by atoms with Gasteiger partial charge >= 0.3 is 5.97 Å². The maximum absolute atomic E-state index is 11.4. The Balaban J connectivity index is 3.23. The zero-order valence-electron chi connectivity index (χ0n) is 9.31. The summed E-state index contributed by atoms with van der Waals surface area (Å²) in [6, 6.07) is 4.12. The van der Waals surface area contributed by atoms with Gasteiger partial charge in [-0.2, -0.15) is 0 Å². The number of methoxy groups -OCH3 is 1. The van der Waals surface area contributed by atoms with Crippen LogP contribution in [0.1, 0.15) is 17.3 Å². The number of anilines is 1. The van der Waals surface area contributed by atoms with Crippen molar-refractivity contribution >= 4 is 23.3 Å². The van der Waals surface area contributed by atoms with E-state index in [1.54, 1.807) is 0 Å². The normalized spacial score (nSPS) is 9.53. The van der Waals surface area contributed by atoms with E-state index in [0.29, 0.717) is 5.75 Å². The number of ketones is 1. The summed E-state index contributed by atoms with van der Waals surface area (Å²) < 4.78 is 4.92. The van der Waals surface area contributed by atoms with Gasteiger partial charge in [-0.05, 0) is 12.1 Å². The van der Waals surface area contributed by atoms with Gasteiger partial charge in [-0.1, -0.05) is 0 Å². The van der Waals surface area contributed by atoms with Gasteiger partial charge in [-0.15, -0.1) is 0 Å². The number of Topliss-reactive ketones (excluding diaryl/α,β-unsaturated/α-hetero) is 1. The van der Waals surface area contributed by atoms with Crippen molar-refractivity contribution < 1.29 is 24.2 Å². The minimum Gasteiger partial charge on any atom is -0.497 e. The van der Waals surface area contributed by atoms with Crippen LogP contribution in [0.4, 0.5) is 5.69 Å². The van der Waals surface area contributed by atoms with Crippen molar-refractivity contribution in [3.05, 3.63) is 23.8 Å². The molecule has 6 nitrogen and oxygen atoms in total. The fourth-order valence-electron chi connectivity index (χ4n) is 1.26. The van der Waals surface area contributed by atoms with Crippen LogP contribution in [-0.2, 0) is 9.59 Å². The molecule has 0 spiro atoms. The minimum atomic E-state index is -1.58.